The largest absolute Gasteiger partial charge is 0.394 e. The van der Waals surface area contributed by atoms with Crippen molar-refractivity contribution in [2.75, 3.05) is 19.7 Å². The average Bonchev–Trinajstić information content (AvgIpc) is 3.64. The van der Waals surface area contributed by atoms with Gasteiger partial charge < -0.3 is 24.5 Å². The molecular formula is C36H42N6O5. The molecule has 47 heavy (non-hydrogen) atoms. The van der Waals surface area contributed by atoms with Gasteiger partial charge in [-0.05, 0) is 30.0 Å². The number of para-hydroxylation sites is 1. The van der Waals surface area contributed by atoms with E-state index in [4.69, 9.17) is 4.74 Å². The van der Waals surface area contributed by atoms with Crippen LogP contribution in [-0.2, 0) is 32.3 Å². The van der Waals surface area contributed by atoms with Gasteiger partial charge in [0.15, 0.2) is 0 Å². The summed E-state index contributed by atoms with van der Waals surface area (Å²) in [7, 11) is 0. The highest BCUT2D eigenvalue weighted by atomic mass is 16.5. The fourth-order valence-electron chi connectivity index (χ4n) is 8.22. The van der Waals surface area contributed by atoms with E-state index in [-0.39, 0.29) is 43.5 Å². The molecule has 246 valence electrons. The number of amides is 3. The third kappa shape index (κ3) is 4.81. The Morgan fingerprint density at radius 3 is 2.38 bits per heavy atom. The van der Waals surface area contributed by atoms with E-state index >= 15 is 0 Å². The number of aromatic nitrogens is 3. The van der Waals surface area contributed by atoms with Crippen molar-refractivity contribution in [1.82, 2.24) is 29.7 Å². The molecule has 0 aliphatic carbocycles. The second kappa shape index (κ2) is 12.0. The molecule has 11 heteroatoms. The first-order valence-electron chi connectivity index (χ1n) is 16.7. The summed E-state index contributed by atoms with van der Waals surface area (Å²) >= 11 is 0. The first kappa shape index (κ1) is 31.3. The molecule has 1 unspecified atom stereocenters. The summed E-state index contributed by atoms with van der Waals surface area (Å²) < 4.78 is 8.81. The van der Waals surface area contributed by atoms with Crippen molar-refractivity contribution in [2.45, 2.75) is 70.1 Å². The fourth-order valence-corrected chi connectivity index (χ4v) is 8.22. The van der Waals surface area contributed by atoms with Gasteiger partial charge in [-0.3, -0.25) is 14.4 Å². The number of likely N-dealkylation sites (tertiary alicyclic amines) is 1. The molecular weight excluding hydrogens is 596 g/mol. The highest BCUT2D eigenvalue weighted by molar-refractivity contribution is 6.00. The number of carbonyl (C=O) groups is 3. The van der Waals surface area contributed by atoms with Crippen LogP contribution < -0.4 is 0 Å². The van der Waals surface area contributed by atoms with Gasteiger partial charge in [-0.25, -0.2) is 4.68 Å². The molecule has 2 fully saturated rings. The molecule has 1 spiro atoms. The zero-order chi connectivity index (χ0) is 32.9. The molecule has 5 heterocycles. The maximum atomic E-state index is 15.0. The molecule has 3 amide bonds. The Hall–Kier alpha value is -4.35. The van der Waals surface area contributed by atoms with Gasteiger partial charge in [0, 0.05) is 19.6 Å². The van der Waals surface area contributed by atoms with Gasteiger partial charge in [-0.1, -0.05) is 99.2 Å². The molecule has 2 aromatic carbocycles. The lowest BCUT2D eigenvalue weighted by molar-refractivity contribution is -0.159. The summed E-state index contributed by atoms with van der Waals surface area (Å²) in [5.41, 5.74) is -0.00902. The van der Waals surface area contributed by atoms with Crippen molar-refractivity contribution in [3.05, 3.63) is 84.5 Å². The number of ether oxygens (including phenoxy) is 1. The molecule has 1 N–H and O–H groups in total. The van der Waals surface area contributed by atoms with Crippen LogP contribution in [0.15, 0.2) is 78.9 Å². The van der Waals surface area contributed by atoms with Crippen LogP contribution in [0.2, 0.25) is 0 Å². The van der Waals surface area contributed by atoms with E-state index in [1.165, 1.54) is 0 Å². The summed E-state index contributed by atoms with van der Waals surface area (Å²) in [6.07, 6.45) is 8.78. The van der Waals surface area contributed by atoms with Crippen LogP contribution in [0.5, 0.6) is 0 Å². The first-order chi connectivity index (χ1) is 22.8. The number of hydrogen-bond acceptors (Lipinski definition) is 7. The van der Waals surface area contributed by atoms with E-state index in [2.05, 4.69) is 10.3 Å². The monoisotopic (exact) mass is 638 g/mol. The molecule has 0 radical (unpaired) electrons. The predicted octanol–water partition coefficient (Wildman–Crippen LogP) is 3.15. The van der Waals surface area contributed by atoms with Crippen molar-refractivity contribution >= 4 is 28.8 Å². The van der Waals surface area contributed by atoms with Crippen LogP contribution in [0, 0.1) is 17.8 Å². The average molecular weight is 639 g/mol. The summed E-state index contributed by atoms with van der Waals surface area (Å²) in [5, 5.41) is 19.3. The van der Waals surface area contributed by atoms with Gasteiger partial charge in [0.05, 0.1) is 35.6 Å². The van der Waals surface area contributed by atoms with Crippen molar-refractivity contribution in [2.24, 2.45) is 17.8 Å². The topological polar surface area (TPSA) is 121 Å². The zero-order valence-corrected chi connectivity index (χ0v) is 27.1. The number of aliphatic hydroxyl groups excluding tert-OH is 1. The molecule has 0 bridgehead atoms. The van der Waals surface area contributed by atoms with Crippen LogP contribution in [0.1, 0.15) is 39.2 Å². The van der Waals surface area contributed by atoms with E-state index in [9.17, 15) is 19.5 Å². The van der Waals surface area contributed by atoms with Crippen LogP contribution in [0.4, 0.5) is 0 Å². The quantitative estimate of drug-likeness (QED) is 0.358. The lowest BCUT2D eigenvalue weighted by Gasteiger charge is -2.42. The lowest BCUT2D eigenvalue weighted by Crippen LogP contribution is -2.60. The van der Waals surface area contributed by atoms with Crippen molar-refractivity contribution < 1.29 is 24.2 Å². The van der Waals surface area contributed by atoms with E-state index < -0.39 is 35.1 Å². The number of carbonyl (C=O) groups excluding carboxylic acids is 3. The summed E-state index contributed by atoms with van der Waals surface area (Å²) in [6, 6.07) is 15.6. The van der Waals surface area contributed by atoms with E-state index in [1.54, 1.807) is 19.4 Å². The highest BCUT2D eigenvalue weighted by Crippen LogP contribution is 2.59. The Kier molecular flexibility index (Phi) is 8.00. The molecule has 4 aliphatic heterocycles. The van der Waals surface area contributed by atoms with Gasteiger partial charge in [0.1, 0.15) is 23.8 Å². The highest BCUT2D eigenvalue weighted by Gasteiger charge is 2.76. The second-order valence-corrected chi connectivity index (χ2v) is 13.3. The number of nitrogens with zero attached hydrogens (tertiary/aromatic N) is 6. The standard InChI is InChI=1S/C36H42N6O5/c1-4-24(3)28(22-43)42-31-34(46)40(23-41-27-16-10-9-15-26(27)37-38-41)20-12-18-36(31)30(33(42)45)29-32(44)39(21-25-13-7-6-8-14-25)19-11-17-35(29,5-2)47-36/h6-18,24,28-31,43H,4-5,19-23H2,1-3H3/t24-,28-,29+,30-,31?,35-,36-/m0/s1. The number of benzene rings is 2. The van der Waals surface area contributed by atoms with E-state index in [0.29, 0.717) is 31.4 Å². The fraction of sp³-hybridized carbons (Fsp3) is 0.472. The Morgan fingerprint density at radius 1 is 0.915 bits per heavy atom. The van der Waals surface area contributed by atoms with E-state index in [0.717, 1.165) is 11.1 Å². The number of rotatable bonds is 9. The minimum absolute atomic E-state index is 0.109. The molecule has 7 atom stereocenters. The summed E-state index contributed by atoms with van der Waals surface area (Å²) in [4.78, 5) is 49.6. The smallest absolute Gasteiger partial charge is 0.250 e. The minimum atomic E-state index is -1.41. The minimum Gasteiger partial charge on any atom is -0.394 e. The zero-order valence-electron chi connectivity index (χ0n) is 27.1. The van der Waals surface area contributed by atoms with Crippen molar-refractivity contribution in [3.63, 3.8) is 0 Å². The van der Waals surface area contributed by atoms with Crippen LogP contribution in [0.3, 0.4) is 0 Å². The molecule has 4 aliphatic rings. The SMILES string of the molecule is CC[C@H](C)[C@H](CO)N1C(=O)[C@@H]2[C@@H]3C(=O)N(Cc4ccccc4)CC=C[C@]3(CC)O[C@@]23C=CCN(Cn2nnc4ccccc42)C(=O)C13. The Morgan fingerprint density at radius 2 is 1.64 bits per heavy atom. The Bertz CT molecular complexity index is 1740. The number of aliphatic hydroxyl groups is 1. The summed E-state index contributed by atoms with van der Waals surface area (Å²) in [5.74, 6) is -2.73. The lowest BCUT2D eigenvalue weighted by atomic mass is 9.73. The maximum absolute atomic E-state index is 15.0. The van der Waals surface area contributed by atoms with Crippen LogP contribution in [-0.4, -0.2) is 95.5 Å². The Labute approximate surface area is 274 Å². The molecule has 0 saturated carbocycles. The van der Waals surface area contributed by atoms with Gasteiger partial charge in [-0.2, -0.15) is 0 Å². The number of hydrogen-bond donors (Lipinski definition) is 1. The normalized spacial score (nSPS) is 29.9. The Balaban J connectivity index is 1.33. The third-order valence-electron chi connectivity index (χ3n) is 10.8. The first-order valence-corrected chi connectivity index (χ1v) is 16.7. The van der Waals surface area contributed by atoms with Gasteiger partial charge >= 0.3 is 0 Å². The van der Waals surface area contributed by atoms with Crippen LogP contribution >= 0.6 is 0 Å². The molecule has 3 aromatic rings. The van der Waals surface area contributed by atoms with Gasteiger partial charge in [-0.15, -0.1) is 5.10 Å². The van der Waals surface area contributed by atoms with Crippen LogP contribution in [0.25, 0.3) is 11.0 Å². The van der Waals surface area contributed by atoms with Gasteiger partial charge in [0.25, 0.3) is 5.91 Å². The van der Waals surface area contributed by atoms with Gasteiger partial charge in [0.2, 0.25) is 11.8 Å². The molecule has 11 nitrogen and oxygen atoms in total. The summed E-state index contributed by atoms with van der Waals surface area (Å²) in [6.45, 7) is 6.77. The van der Waals surface area contributed by atoms with E-state index in [1.807, 2.05) is 99.7 Å². The molecule has 2 saturated heterocycles. The number of fused-ring (bicyclic) bond motifs is 3. The second-order valence-electron chi connectivity index (χ2n) is 13.3. The third-order valence-corrected chi connectivity index (χ3v) is 10.8. The predicted molar refractivity (Wildman–Crippen MR) is 174 cm³/mol. The molecule has 7 rings (SSSR count). The van der Waals surface area contributed by atoms with Crippen molar-refractivity contribution in [1.29, 1.82) is 0 Å². The van der Waals surface area contributed by atoms with Crippen molar-refractivity contribution in [3.8, 4) is 0 Å². The maximum Gasteiger partial charge on any atom is 0.250 e. The molecule has 1 aromatic heterocycles.